The third kappa shape index (κ3) is 5.75. The van der Waals surface area contributed by atoms with Crippen LogP contribution in [0.3, 0.4) is 0 Å². The highest BCUT2D eigenvalue weighted by Gasteiger charge is 2.18. The van der Waals surface area contributed by atoms with Crippen LogP contribution in [0.25, 0.3) is 10.9 Å². The van der Waals surface area contributed by atoms with E-state index in [-0.39, 0.29) is 23.4 Å². The molecule has 0 atom stereocenters. The van der Waals surface area contributed by atoms with Gasteiger partial charge in [-0.3, -0.25) is 14.4 Å². The summed E-state index contributed by atoms with van der Waals surface area (Å²) >= 11 is 5.90. The van der Waals surface area contributed by atoms with Crippen molar-refractivity contribution >= 4 is 40.0 Å². The van der Waals surface area contributed by atoms with Gasteiger partial charge >= 0.3 is 0 Å². The van der Waals surface area contributed by atoms with Gasteiger partial charge in [0.2, 0.25) is 11.3 Å². The number of pyridine rings is 1. The lowest BCUT2D eigenvalue weighted by molar-refractivity contribution is -0.121. The molecule has 35 heavy (non-hydrogen) atoms. The van der Waals surface area contributed by atoms with E-state index in [1.54, 1.807) is 24.3 Å². The number of carbonyl (C=O) groups excluding carboxylic acids is 2. The lowest BCUT2D eigenvalue weighted by Gasteiger charge is -2.14. The summed E-state index contributed by atoms with van der Waals surface area (Å²) in [4.78, 5) is 38.7. The second kappa shape index (κ2) is 10.5. The van der Waals surface area contributed by atoms with Gasteiger partial charge in [-0.1, -0.05) is 41.9 Å². The number of fused-ring (bicyclic) bond motifs is 1. The Morgan fingerprint density at radius 2 is 1.77 bits per heavy atom. The molecule has 0 spiro atoms. The number of hydrogen-bond donors (Lipinski definition) is 2. The molecule has 0 radical (unpaired) electrons. The summed E-state index contributed by atoms with van der Waals surface area (Å²) < 4.78 is 15.4. The Bertz CT molecular complexity index is 1470. The molecule has 0 aliphatic rings. The predicted octanol–water partition coefficient (Wildman–Crippen LogP) is 4.71. The Morgan fingerprint density at radius 1 is 1.03 bits per heavy atom. The van der Waals surface area contributed by atoms with E-state index in [0.717, 1.165) is 17.2 Å². The van der Waals surface area contributed by atoms with Crippen molar-refractivity contribution in [1.82, 2.24) is 9.88 Å². The highest BCUT2D eigenvalue weighted by Crippen LogP contribution is 2.17. The Morgan fingerprint density at radius 3 is 2.51 bits per heavy atom. The Hall–Kier alpha value is -3.97. The van der Waals surface area contributed by atoms with Crippen LogP contribution in [-0.2, 0) is 17.8 Å². The number of rotatable bonds is 7. The number of aryl methyl sites for hydroxylation is 1. The SMILES string of the molecule is Cc1ccccc1NC(=O)c1cn(CC(=O)NCCc2ccc(Cl)cc2)c2ccc(F)cc2c1=O. The molecule has 8 heteroatoms. The van der Waals surface area contributed by atoms with Gasteiger partial charge in [0, 0.05) is 28.8 Å². The zero-order valence-electron chi connectivity index (χ0n) is 19.0. The summed E-state index contributed by atoms with van der Waals surface area (Å²) in [6.45, 7) is 2.08. The van der Waals surface area contributed by atoms with Crippen LogP contribution < -0.4 is 16.1 Å². The Balaban J connectivity index is 1.57. The van der Waals surface area contributed by atoms with Crippen LogP contribution in [0.5, 0.6) is 0 Å². The minimum atomic E-state index is -0.632. The maximum Gasteiger partial charge on any atom is 0.261 e. The fraction of sp³-hybridized carbons (Fsp3) is 0.148. The molecule has 4 aromatic rings. The number of nitrogens with zero attached hydrogens (tertiary/aromatic N) is 1. The minimum Gasteiger partial charge on any atom is -0.354 e. The van der Waals surface area contributed by atoms with E-state index in [0.29, 0.717) is 29.2 Å². The van der Waals surface area contributed by atoms with Gasteiger partial charge in [0.05, 0.1) is 5.52 Å². The van der Waals surface area contributed by atoms with Crippen LogP contribution in [0.4, 0.5) is 10.1 Å². The van der Waals surface area contributed by atoms with Crippen molar-refractivity contribution in [3.05, 3.63) is 111 Å². The van der Waals surface area contributed by atoms with Crippen molar-refractivity contribution in [2.45, 2.75) is 19.9 Å². The van der Waals surface area contributed by atoms with Gasteiger partial charge < -0.3 is 15.2 Å². The molecule has 1 aromatic heterocycles. The van der Waals surface area contributed by atoms with E-state index in [9.17, 15) is 18.8 Å². The molecule has 3 aromatic carbocycles. The van der Waals surface area contributed by atoms with Crippen molar-refractivity contribution < 1.29 is 14.0 Å². The maximum atomic E-state index is 14.0. The maximum absolute atomic E-state index is 14.0. The number of nitrogens with one attached hydrogen (secondary N) is 2. The Labute approximate surface area is 206 Å². The molecule has 0 fully saturated rings. The molecule has 0 bridgehead atoms. The van der Waals surface area contributed by atoms with Crippen LogP contribution >= 0.6 is 11.6 Å². The second-order valence-corrected chi connectivity index (χ2v) is 8.59. The smallest absolute Gasteiger partial charge is 0.261 e. The first-order valence-electron chi connectivity index (χ1n) is 11.0. The van der Waals surface area contributed by atoms with Gasteiger partial charge in [0.15, 0.2) is 0 Å². The summed E-state index contributed by atoms with van der Waals surface area (Å²) in [5, 5.41) is 6.23. The molecule has 0 saturated heterocycles. The van der Waals surface area contributed by atoms with Crippen LogP contribution in [-0.4, -0.2) is 22.9 Å². The number of para-hydroxylation sites is 1. The van der Waals surface area contributed by atoms with Crippen molar-refractivity contribution in [3.8, 4) is 0 Å². The zero-order valence-corrected chi connectivity index (χ0v) is 19.7. The van der Waals surface area contributed by atoms with E-state index in [1.165, 1.54) is 22.9 Å². The van der Waals surface area contributed by atoms with Crippen LogP contribution in [0.1, 0.15) is 21.5 Å². The Kier molecular flexibility index (Phi) is 7.27. The summed E-state index contributed by atoms with van der Waals surface area (Å²) in [6.07, 6.45) is 1.96. The van der Waals surface area contributed by atoms with Crippen LogP contribution in [0.15, 0.2) is 77.7 Å². The number of aromatic nitrogens is 1. The normalized spacial score (nSPS) is 10.8. The standard InChI is InChI=1S/C27H23ClFN3O3/c1-17-4-2-3-5-23(17)31-27(35)22-15-32(24-11-10-20(29)14-21(24)26(22)34)16-25(33)30-13-12-18-6-8-19(28)9-7-18/h2-11,14-15H,12-13,16H2,1H3,(H,30,33)(H,31,35). The summed E-state index contributed by atoms with van der Waals surface area (Å²) in [5.41, 5.74) is 1.98. The van der Waals surface area contributed by atoms with Crippen molar-refractivity contribution in [1.29, 1.82) is 0 Å². The fourth-order valence-electron chi connectivity index (χ4n) is 3.77. The number of carbonyl (C=O) groups is 2. The molecular weight excluding hydrogens is 469 g/mol. The first-order chi connectivity index (χ1) is 16.8. The van der Waals surface area contributed by atoms with E-state index in [4.69, 9.17) is 11.6 Å². The highest BCUT2D eigenvalue weighted by molar-refractivity contribution is 6.30. The number of amides is 2. The van der Waals surface area contributed by atoms with Crippen molar-refractivity contribution in [3.63, 3.8) is 0 Å². The van der Waals surface area contributed by atoms with Crippen LogP contribution in [0.2, 0.25) is 5.02 Å². The molecule has 2 N–H and O–H groups in total. The summed E-state index contributed by atoms with van der Waals surface area (Å²) in [5.74, 6) is -1.55. The zero-order chi connectivity index (χ0) is 24.9. The van der Waals surface area contributed by atoms with E-state index >= 15 is 0 Å². The predicted molar refractivity (Wildman–Crippen MR) is 135 cm³/mol. The molecule has 0 aliphatic carbocycles. The molecule has 1 heterocycles. The second-order valence-electron chi connectivity index (χ2n) is 8.16. The van der Waals surface area contributed by atoms with Gasteiger partial charge in [-0.15, -0.1) is 0 Å². The van der Waals surface area contributed by atoms with Gasteiger partial charge in [0.1, 0.15) is 17.9 Å². The lowest BCUT2D eigenvalue weighted by Crippen LogP contribution is -2.31. The lowest BCUT2D eigenvalue weighted by atomic mass is 10.1. The first kappa shape index (κ1) is 24.2. The first-order valence-corrected chi connectivity index (χ1v) is 11.4. The van der Waals surface area contributed by atoms with E-state index < -0.39 is 17.2 Å². The quantitative estimate of drug-likeness (QED) is 0.393. The van der Waals surface area contributed by atoms with E-state index in [1.807, 2.05) is 31.2 Å². The summed E-state index contributed by atoms with van der Waals surface area (Å²) in [7, 11) is 0. The molecule has 178 valence electrons. The number of benzene rings is 3. The van der Waals surface area contributed by atoms with Crippen molar-refractivity contribution in [2.75, 3.05) is 11.9 Å². The van der Waals surface area contributed by atoms with Gasteiger partial charge in [-0.25, -0.2) is 4.39 Å². The number of halogens is 2. The number of anilines is 1. The minimum absolute atomic E-state index is 0.0244. The third-order valence-electron chi connectivity index (χ3n) is 5.64. The molecular formula is C27H23ClFN3O3. The number of hydrogen-bond acceptors (Lipinski definition) is 3. The topological polar surface area (TPSA) is 80.2 Å². The molecule has 6 nitrogen and oxygen atoms in total. The molecule has 2 amide bonds. The molecule has 0 saturated carbocycles. The summed E-state index contributed by atoms with van der Waals surface area (Å²) in [6, 6.07) is 18.2. The van der Waals surface area contributed by atoms with Gasteiger partial charge in [0.25, 0.3) is 5.91 Å². The molecule has 4 rings (SSSR count). The van der Waals surface area contributed by atoms with Gasteiger partial charge in [-0.2, -0.15) is 0 Å². The average molecular weight is 492 g/mol. The molecule has 0 aliphatic heterocycles. The monoisotopic (exact) mass is 491 g/mol. The highest BCUT2D eigenvalue weighted by atomic mass is 35.5. The van der Waals surface area contributed by atoms with Crippen LogP contribution in [0, 0.1) is 12.7 Å². The average Bonchev–Trinajstić information content (AvgIpc) is 2.83. The van der Waals surface area contributed by atoms with E-state index in [2.05, 4.69) is 10.6 Å². The molecule has 0 unspecified atom stereocenters. The largest absolute Gasteiger partial charge is 0.354 e. The third-order valence-corrected chi connectivity index (χ3v) is 5.90. The fourth-order valence-corrected chi connectivity index (χ4v) is 3.90. The van der Waals surface area contributed by atoms with Gasteiger partial charge in [-0.05, 0) is 60.9 Å². The van der Waals surface area contributed by atoms with Crippen molar-refractivity contribution in [2.24, 2.45) is 0 Å².